The zero-order valence-electron chi connectivity index (χ0n) is 11.0. The quantitative estimate of drug-likeness (QED) is 0.787. The molecule has 1 atom stereocenters. The molecule has 0 radical (unpaired) electrons. The lowest BCUT2D eigenvalue weighted by atomic mass is 10.1. The van der Waals surface area contributed by atoms with Crippen LogP contribution in [0.15, 0.2) is 52.9 Å². The van der Waals surface area contributed by atoms with Crippen molar-refractivity contribution in [2.45, 2.75) is 6.04 Å². The molecule has 1 heterocycles. The molecule has 0 amide bonds. The van der Waals surface area contributed by atoms with E-state index >= 15 is 0 Å². The van der Waals surface area contributed by atoms with Crippen molar-refractivity contribution in [3.8, 4) is 5.75 Å². The highest BCUT2D eigenvalue weighted by Gasteiger charge is 2.15. The summed E-state index contributed by atoms with van der Waals surface area (Å²) in [7, 11) is 1.64. The molecule has 0 saturated heterocycles. The standard InChI is InChI=1S/C16H14ClNO2/c1-19-12-7-5-10(6-8-12)15(18)14-9-11-3-2-4-13(17)16(11)20-14/h2-9,15H,18H2,1H3. The number of hydrogen-bond donors (Lipinski definition) is 1. The van der Waals surface area contributed by atoms with Gasteiger partial charge >= 0.3 is 0 Å². The number of nitrogens with two attached hydrogens (primary N) is 1. The second-order valence-electron chi connectivity index (χ2n) is 4.56. The summed E-state index contributed by atoms with van der Waals surface area (Å²) < 4.78 is 10.9. The van der Waals surface area contributed by atoms with Crippen LogP contribution in [0.1, 0.15) is 17.4 Å². The molecular formula is C16H14ClNO2. The maximum Gasteiger partial charge on any atom is 0.152 e. The lowest BCUT2D eigenvalue weighted by Crippen LogP contribution is -2.10. The summed E-state index contributed by atoms with van der Waals surface area (Å²) in [5, 5.41) is 1.55. The van der Waals surface area contributed by atoms with Crippen molar-refractivity contribution < 1.29 is 9.15 Å². The number of halogens is 1. The highest BCUT2D eigenvalue weighted by Crippen LogP contribution is 2.31. The first-order valence-corrected chi connectivity index (χ1v) is 6.64. The average molecular weight is 288 g/mol. The first-order chi connectivity index (χ1) is 9.69. The third kappa shape index (κ3) is 2.26. The van der Waals surface area contributed by atoms with Crippen LogP contribution in [0.5, 0.6) is 5.75 Å². The molecule has 3 aromatic rings. The Morgan fingerprint density at radius 3 is 2.55 bits per heavy atom. The summed E-state index contributed by atoms with van der Waals surface area (Å²) in [6.07, 6.45) is 0. The van der Waals surface area contributed by atoms with E-state index in [9.17, 15) is 0 Å². The zero-order valence-corrected chi connectivity index (χ0v) is 11.7. The number of rotatable bonds is 3. The fraction of sp³-hybridized carbons (Fsp3) is 0.125. The Bertz CT molecular complexity index is 734. The Kier molecular flexibility index (Phi) is 3.38. The van der Waals surface area contributed by atoms with Crippen molar-refractivity contribution in [1.29, 1.82) is 0 Å². The number of hydrogen-bond acceptors (Lipinski definition) is 3. The first kappa shape index (κ1) is 13.0. The number of fused-ring (bicyclic) bond motifs is 1. The van der Waals surface area contributed by atoms with Crippen molar-refractivity contribution >= 4 is 22.6 Å². The van der Waals surface area contributed by atoms with Crippen molar-refractivity contribution in [2.75, 3.05) is 7.11 Å². The van der Waals surface area contributed by atoms with E-state index in [1.807, 2.05) is 42.5 Å². The molecule has 0 aliphatic rings. The molecule has 1 unspecified atom stereocenters. The van der Waals surface area contributed by atoms with Gasteiger partial charge in [0.1, 0.15) is 11.5 Å². The molecule has 20 heavy (non-hydrogen) atoms. The topological polar surface area (TPSA) is 48.4 Å². The number of ether oxygens (including phenoxy) is 1. The monoisotopic (exact) mass is 287 g/mol. The Morgan fingerprint density at radius 1 is 1.15 bits per heavy atom. The van der Waals surface area contributed by atoms with Crippen molar-refractivity contribution in [2.24, 2.45) is 5.73 Å². The summed E-state index contributed by atoms with van der Waals surface area (Å²) in [5.74, 6) is 1.49. The van der Waals surface area contributed by atoms with Crippen LogP contribution >= 0.6 is 11.6 Å². The smallest absolute Gasteiger partial charge is 0.152 e. The van der Waals surface area contributed by atoms with Gasteiger partial charge in [0.15, 0.2) is 5.58 Å². The van der Waals surface area contributed by atoms with Crippen LogP contribution in [-0.2, 0) is 0 Å². The Balaban J connectivity index is 1.98. The molecular weight excluding hydrogens is 274 g/mol. The van der Waals surface area contributed by atoms with Gasteiger partial charge in [-0.15, -0.1) is 0 Å². The van der Waals surface area contributed by atoms with E-state index in [4.69, 9.17) is 26.5 Å². The third-order valence-corrected chi connectivity index (χ3v) is 3.59. The number of methoxy groups -OCH3 is 1. The first-order valence-electron chi connectivity index (χ1n) is 6.26. The number of benzene rings is 2. The van der Waals surface area contributed by atoms with E-state index < -0.39 is 0 Å². The van der Waals surface area contributed by atoms with Gasteiger partial charge in [-0.3, -0.25) is 0 Å². The zero-order chi connectivity index (χ0) is 14.1. The predicted molar refractivity (Wildman–Crippen MR) is 80.2 cm³/mol. The number of para-hydroxylation sites is 1. The fourth-order valence-corrected chi connectivity index (χ4v) is 2.40. The predicted octanol–water partition coefficient (Wildman–Crippen LogP) is 4.14. The van der Waals surface area contributed by atoms with Crippen LogP contribution in [-0.4, -0.2) is 7.11 Å². The van der Waals surface area contributed by atoms with Crippen LogP contribution in [0.4, 0.5) is 0 Å². The highest BCUT2D eigenvalue weighted by molar-refractivity contribution is 6.34. The molecule has 0 aliphatic heterocycles. The molecule has 0 fully saturated rings. The van der Waals surface area contributed by atoms with Gasteiger partial charge in [0.05, 0.1) is 18.2 Å². The molecule has 3 rings (SSSR count). The van der Waals surface area contributed by atoms with Gasteiger partial charge in [0.25, 0.3) is 0 Å². The second kappa shape index (κ2) is 5.19. The van der Waals surface area contributed by atoms with E-state index in [1.165, 1.54) is 0 Å². The molecule has 0 saturated carbocycles. The average Bonchev–Trinajstić information content (AvgIpc) is 2.92. The molecule has 0 aliphatic carbocycles. The molecule has 4 heteroatoms. The van der Waals surface area contributed by atoms with Gasteiger partial charge in [-0.1, -0.05) is 35.9 Å². The minimum Gasteiger partial charge on any atom is -0.497 e. The van der Waals surface area contributed by atoms with E-state index in [1.54, 1.807) is 13.2 Å². The van der Waals surface area contributed by atoms with E-state index in [0.717, 1.165) is 16.7 Å². The maximum absolute atomic E-state index is 6.24. The minimum atomic E-state index is -0.329. The summed E-state index contributed by atoms with van der Waals surface area (Å²) >= 11 is 6.11. The largest absolute Gasteiger partial charge is 0.497 e. The summed E-state index contributed by atoms with van der Waals surface area (Å²) in [6, 6.07) is 14.9. The Labute approximate surface area is 121 Å². The van der Waals surface area contributed by atoms with Crippen molar-refractivity contribution in [3.63, 3.8) is 0 Å². The van der Waals surface area contributed by atoms with Gasteiger partial charge in [-0.25, -0.2) is 0 Å². The van der Waals surface area contributed by atoms with E-state index in [-0.39, 0.29) is 6.04 Å². The van der Waals surface area contributed by atoms with Crippen LogP contribution in [0.25, 0.3) is 11.0 Å². The fourth-order valence-electron chi connectivity index (χ4n) is 2.18. The molecule has 1 aromatic heterocycles. The molecule has 0 bridgehead atoms. The summed E-state index contributed by atoms with van der Waals surface area (Å²) in [4.78, 5) is 0. The van der Waals surface area contributed by atoms with Gasteiger partial charge in [-0.2, -0.15) is 0 Å². The second-order valence-corrected chi connectivity index (χ2v) is 4.96. The summed E-state index contributed by atoms with van der Waals surface area (Å²) in [6.45, 7) is 0. The minimum absolute atomic E-state index is 0.329. The van der Waals surface area contributed by atoms with Gasteiger partial charge < -0.3 is 14.9 Å². The number of furan rings is 1. The van der Waals surface area contributed by atoms with Crippen LogP contribution in [0, 0.1) is 0 Å². The molecule has 2 aromatic carbocycles. The molecule has 0 spiro atoms. The lowest BCUT2D eigenvalue weighted by molar-refractivity contribution is 0.414. The third-order valence-electron chi connectivity index (χ3n) is 3.30. The van der Waals surface area contributed by atoms with Gasteiger partial charge in [-0.05, 0) is 29.8 Å². The summed E-state index contributed by atoms with van der Waals surface area (Å²) in [5.41, 5.74) is 7.88. The maximum atomic E-state index is 6.24. The Morgan fingerprint density at radius 2 is 1.90 bits per heavy atom. The van der Waals surface area contributed by atoms with Crippen LogP contribution in [0.2, 0.25) is 5.02 Å². The lowest BCUT2D eigenvalue weighted by Gasteiger charge is -2.09. The SMILES string of the molecule is COc1ccc(C(N)c2cc3cccc(Cl)c3o2)cc1. The van der Waals surface area contributed by atoms with Gasteiger partial charge in [0, 0.05) is 5.39 Å². The van der Waals surface area contributed by atoms with Crippen LogP contribution < -0.4 is 10.5 Å². The Hall–Kier alpha value is -1.97. The molecule has 3 nitrogen and oxygen atoms in total. The van der Waals surface area contributed by atoms with Gasteiger partial charge in [0.2, 0.25) is 0 Å². The van der Waals surface area contributed by atoms with Crippen molar-refractivity contribution in [1.82, 2.24) is 0 Å². The molecule has 102 valence electrons. The van der Waals surface area contributed by atoms with Crippen molar-refractivity contribution in [3.05, 3.63) is 64.9 Å². The highest BCUT2D eigenvalue weighted by atomic mass is 35.5. The van der Waals surface area contributed by atoms with Crippen LogP contribution in [0.3, 0.4) is 0 Å². The molecule has 2 N–H and O–H groups in total. The normalized spacial score (nSPS) is 12.6. The van der Waals surface area contributed by atoms with E-state index in [0.29, 0.717) is 16.4 Å². The van der Waals surface area contributed by atoms with E-state index in [2.05, 4.69) is 0 Å².